The summed E-state index contributed by atoms with van der Waals surface area (Å²) < 4.78 is 0. The van der Waals surface area contributed by atoms with Gasteiger partial charge in [-0.05, 0) is 49.9 Å². The predicted molar refractivity (Wildman–Crippen MR) is 97.8 cm³/mol. The minimum Gasteiger partial charge on any atom is -0.377 e. The summed E-state index contributed by atoms with van der Waals surface area (Å²) in [6.45, 7) is 0. The Balaban J connectivity index is 1.76. The summed E-state index contributed by atoms with van der Waals surface area (Å²) in [6.07, 6.45) is 6.86. The molecule has 2 aromatic rings. The van der Waals surface area contributed by atoms with Gasteiger partial charge in [0.05, 0.1) is 0 Å². The summed E-state index contributed by atoms with van der Waals surface area (Å²) >= 11 is 0. The summed E-state index contributed by atoms with van der Waals surface area (Å²) in [7, 11) is 2.25. The smallest absolute Gasteiger partial charge is 0.133 e. The van der Waals surface area contributed by atoms with Crippen LogP contribution in [0.15, 0.2) is 72.3 Å². The molecule has 0 spiro atoms. The maximum absolute atomic E-state index is 11.7. The van der Waals surface area contributed by atoms with Crippen LogP contribution in [0.4, 0.5) is 0 Å². The highest BCUT2D eigenvalue weighted by Gasteiger charge is 2.38. The lowest BCUT2D eigenvalue weighted by atomic mass is 9.82. The van der Waals surface area contributed by atoms with Crippen molar-refractivity contribution in [2.24, 2.45) is 0 Å². The highest BCUT2D eigenvalue weighted by Crippen LogP contribution is 2.40. The molecule has 0 unspecified atom stereocenters. The van der Waals surface area contributed by atoms with E-state index in [2.05, 4.69) is 18.0 Å². The predicted octanol–water partition coefficient (Wildman–Crippen LogP) is 4.11. The Kier molecular flexibility index (Phi) is 4.03. The largest absolute Gasteiger partial charge is 0.377 e. The first-order valence-corrected chi connectivity index (χ1v) is 8.93. The fourth-order valence-electron chi connectivity index (χ4n) is 4.40. The molecule has 2 bridgehead atoms. The first kappa shape index (κ1) is 15.6. The molecule has 0 aliphatic carbocycles. The molecular weight excluding hydrogens is 294 g/mol. The number of fused-ring (bicyclic) bond motifs is 2. The van der Waals surface area contributed by atoms with Crippen molar-refractivity contribution >= 4 is 0 Å². The highest BCUT2D eigenvalue weighted by molar-refractivity contribution is 5.42. The van der Waals surface area contributed by atoms with Gasteiger partial charge in [0.15, 0.2) is 0 Å². The molecule has 2 heterocycles. The van der Waals surface area contributed by atoms with Gasteiger partial charge in [-0.15, -0.1) is 0 Å². The van der Waals surface area contributed by atoms with E-state index >= 15 is 0 Å². The van der Waals surface area contributed by atoms with Crippen LogP contribution >= 0.6 is 0 Å². The van der Waals surface area contributed by atoms with Crippen LogP contribution in [-0.4, -0.2) is 29.1 Å². The maximum atomic E-state index is 11.7. The van der Waals surface area contributed by atoms with Gasteiger partial charge in [0.2, 0.25) is 0 Å². The van der Waals surface area contributed by atoms with E-state index in [1.54, 1.807) is 0 Å². The Labute approximate surface area is 144 Å². The van der Waals surface area contributed by atoms with Gasteiger partial charge in [0.25, 0.3) is 0 Å². The molecule has 2 aliphatic rings. The van der Waals surface area contributed by atoms with Crippen molar-refractivity contribution in [3.05, 3.63) is 83.4 Å². The monoisotopic (exact) mass is 319 g/mol. The lowest BCUT2D eigenvalue weighted by molar-refractivity contribution is 0.130. The van der Waals surface area contributed by atoms with Crippen LogP contribution in [0.3, 0.4) is 0 Å². The van der Waals surface area contributed by atoms with E-state index in [1.165, 1.54) is 18.4 Å². The molecule has 4 rings (SSSR count). The molecule has 2 aliphatic heterocycles. The second-order valence-corrected chi connectivity index (χ2v) is 7.26. The Morgan fingerprint density at radius 3 is 1.79 bits per heavy atom. The van der Waals surface area contributed by atoms with E-state index < -0.39 is 5.60 Å². The van der Waals surface area contributed by atoms with Gasteiger partial charge in [-0.25, -0.2) is 0 Å². The molecule has 2 aromatic carbocycles. The zero-order chi connectivity index (χ0) is 16.6. The number of rotatable bonds is 3. The Morgan fingerprint density at radius 1 is 0.875 bits per heavy atom. The molecule has 0 saturated carbocycles. The Bertz CT molecular complexity index is 667. The summed E-state index contributed by atoms with van der Waals surface area (Å²) in [4.78, 5) is 2.53. The topological polar surface area (TPSA) is 23.5 Å². The highest BCUT2D eigenvalue weighted by atomic mass is 16.3. The van der Waals surface area contributed by atoms with Crippen molar-refractivity contribution in [3.63, 3.8) is 0 Å². The molecule has 2 atom stereocenters. The van der Waals surface area contributed by atoms with E-state index in [1.807, 2.05) is 60.7 Å². The van der Waals surface area contributed by atoms with Gasteiger partial charge in [0.1, 0.15) is 5.60 Å². The zero-order valence-electron chi connectivity index (χ0n) is 14.2. The van der Waals surface area contributed by atoms with Crippen LogP contribution in [0.2, 0.25) is 0 Å². The third-order valence-electron chi connectivity index (χ3n) is 5.82. The molecular formula is C22H25NO. The fourth-order valence-corrected chi connectivity index (χ4v) is 4.40. The average Bonchev–Trinajstić information content (AvgIpc) is 2.84. The SMILES string of the molecule is CN1[C@@H]2CC[C@H]1C/C(=C\C(O)(c1ccccc1)c1ccccc1)C2. The van der Waals surface area contributed by atoms with Gasteiger partial charge < -0.3 is 5.11 Å². The maximum Gasteiger partial charge on any atom is 0.133 e. The molecule has 2 nitrogen and oxygen atoms in total. The molecule has 2 fully saturated rings. The fraction of sp³-hybridized carbons (Fsp3) is 0.364. The Morgan fingerprint density at radius 2 is 1.33 bits per heavy atom. The zero-order valence-corrected chi connectivity index (χ0v) is 14.2. The van der Waals surface area contributed by atoms with Crippen molar-refractivity contribution in [1.82, 2.24) is 4.90 Å². The minimum atomic E-state index is -1.05. The first-order chi connectivity index (χ1) is 11.7. The molecule has 0 amide bonds. The molecule has 1 N–H and O–H groups in total. The van der Waals surface area contributed by atoms with Crippen molar-refractivity contribution in [2.75, 3.05) is 7.05 Å². The lowest BCUT2D eigenvalue weighted by Crippen LogP contribution is -2.37. The van der Waals surface area contributed by atoms with Crippen molar-refractivity contribution < 1.29 is 5.11 Å². The number of aliphatic hydroxyl groups is 1. The molecule has 124 valence electrons. The molecule has 2 saturated heterocycles. The van der Waals surface area contributed by atoms with Crippen molar-refractivity contribution in [2.45, 2.75) is 43.4 Å². The second kappa shape index (κ2) is 6.19. The van der Waals surface area contributed by atoms with Crippen molar-refractivity contribution in [3.8, 4) is 0 Å². The lowest BCUT2D eigenvalue weighted by Gasteiger charge is -2.35. The van der Waals surface area contributed by atoms with Crippen LogP contribution < -0.4 is 0 Å². The Hall–Kier alpha value is -1.90. The van der Waals surface area contributed by atoms with Crippen LogP contribution in [0, 0.1) is 0 Å². The van der Waals surface area contributed by atoms with E-state index in [4.69, 9.17) is 0 Å². The third-order valence-corrected chi connectivity index (χ3v) is 5.82. The number of hydrogen-bond donors (Lipinski definition) is 1. The van der Waals surface area contributed by atoms with Crippen LogP contribution in [0.1, 0.15) is 36.8 Å². The number of hydrogen-bond acceptors (Lipinski definition) is 2. The van der Waals surface area contributed by atoms with Gasteiger partial charge in [-0.2, -0.15) is 0 Å². The summed E-state index contributed by atoms with van der Waals surface area (Å²) in [5, 5.41) is 11.7. The van der Waals surface area contributed by atoms with Crippen LogP contribution in [0.5, 0.6) is 0 Å². The van der Waals surface area contributed by atoms with Crippen LogP contribution in [0.25, 0.3) is 0 Å². The number of benzene rings is 2. The van der Waals surface area contributed by atoms with Gasteiger partial charge in [-0.1, -0.05) is 66.2 Å². The normalized spacial score (nSPS) is 26.0. The minimum absolute atomic E-state index is 0.644. The number of piperidine rings is 1. The average molecular weight is 319 g/mol. The summed E-state index contributed by atoms with van der Waals surface area (Å²) in [5.74, 6) is 0. The van der Waals surface area contributed by atoms with E-state index in [0.29, 0.717) is 12.1 Å². The molecule has 2 heteroatoms. The summed E-state index contributed by atoms with van der Waals surface area (Å²) in [6, 6.07) is 21.4. The first-order valence-electron chi connectivity index (χ1n) is 8.93. The van der Waals surface area contributed by atoms with Gasteiger partial charge in [0, 0.05) is 12.1 Å². The van der Waals surface area contributed by atoms with Crippen molar-refractivity contribution in [1.29, 1.82) is 0 Å². The third kappa shape index (κ3) is 2.70. The number of nitrogens with zero attached hydrogens (tertiary/aromatic N) is 1. The van der Waals surface area contributed by atoms with E-state index in [9.17, 15) is 5.11 Å². The second-order valence-electron chi connectivity index (χ2n) is 7.26. The quantitative estimate of drug-likeness (QED) is 0.861. The molecule has 0 aromatic heterocycles. The van der Waals surface area contributed by atoms with E-state index in [0.717, 1.165) is 24.0 Å². The van der Waals surface area contributed by atoms with Gasteiger partial charge in [-0.3, -0.25) is 4.90 Å². The molecule has 24 heavy (non-hydrogen) atoms. The standard InChI is InChI=1S/C22H25NO/c1-23-20-12-13-21(23)15-17(14-20)16-22(24,18-8-4-2-5-9-18)19-10-6-3-7-11-19/h2-11,16,20-21,24H,12-15H2,1H3/b17-16-/t20-,21+/m1/s1. The summed E-state index contributed by atoms with van der Waals surface area (Å²) in [5.41, 5.74) is 2.23. The van der Waals surface area contributed by atoms with Gasteiger partial charge >= 0.3 is 0 Å². The molecule has 0 radical (unpaired) electrons. The van der Waals surface area contributed by atoms with Crippen LogP contribution in [-0.2, 0) is 5.60 Å². The van der Waals surface area contributed by atoms with E-state index in [-0.39, 0.29) is 0 Å².